The van der Waals surface area contributed by atoms with Crippen molar-refractivity contribution in [3.8, 4) is 0 Å². The summed E-state index contributed by atoms with van der Waals surface area (Å²) in [6, 6.07) is 0. The number of rotatable bonds is 21. The molecule has 0 bridgehead atoms. The summed E-state index contributed by atoms with van der Waals surface area (Å²) in [7, 11) is 0. The minimum atomic E-state index is -0.487. The smallest absolute Gasteiger partial charge is 0.330 e. The Morgan fingerprint density at radius 1 is 0.643 bits per heavy atom. The average Bonchev–Trinajstić information content (AvgIpc) is 2.70. The van der Waals surface area contributed by atoms with Crippen LogP contribution in [-0.2, 0) is 47.5 Å². The lowest BCUT2D eigenvalue weighted by Crippen LogP contribution is -2.15. The highest BCUT2D eigenvalue weighted by molar-refractivity contribution is 5.81. The van der Waals surface area contributed by atoms with E-state index in [2.05, 4.69) is 13.2 Å². The van der Waals surface area contributed by atoms with E-state index in [4.69, 9.17) is 37.9 Å². The predicted octanol–water partition coefficient (Wildman–Crippen LogP) is 0.807. The van der Waals surface area contributed by atoms with Crippen molar-refractivity contribution in [3.63, 3.8) is 0 Å². The van der Waals surface area contributed by atoms with Crippen LogP contribution in [0.25, 0.3) is 0 Å². The van der Waals surface area contributed by atoms with Gasteiger partial charge in [0.15, 0.2) is 6.79 Å². The van der Waals surface area contributed by atoms with Crippen molar-refractivity contribution in [2.24, 2.45) is 0 Å². The van der Waals surface area contributed by atoms with Gasteiger partial charge >= 0.3 is 11.9 Å². The van der Waals surface area contributed by atoms with Gasteiger partial charge in [0.05, 0.1) is 58.9 Å². The van der Waals surface area contributed by atoms with E-state index in [9.17, 15) is 9.59 Å². The van der Waals surface area contributed by atoms with Gasteiger partial charge in [-0.2, -0.15) is 0 Å². The Balaban J connectivity index is 3.19. The highest BCUT2D eigenvalue weighted by Crippen LogP contribution is 1.90. The van der Waals surface area contributed by atoms with Crippen molar-refractivity contribution >= 4 is 11.9 Å². The Labute approximate surface area is 165 Å². The van der Waals surface area contributed by atoms with Gasteiger partial charge in [-0.1, -0.05) is 13.2 Å². The second kappa shape index (κ2) is 21.3. The molecule has 0 fully saturated rings. The number of hydrogen-bond donors (Lipinski definition) is 0. The second-order valence-electron chi connectivity index (χ2n) is 4.86. The maximum Gasteiger partial charge on any atom is 0.330 e. The lowest BCUT2D eigenvalue weighted by atomic mass is 10.5. The molecule has 0 aliphatic carbocycles. The van der Waals surface area contributed by atoms with Crippen LogP contribution in [0, 0.1) is 0 Å². The zero-order valence-electron chi connectivity index (χ0n) is 16.1. The molecule has 0 saturated heterocycles. The molecule has 0 rings (SSSR count). The first-order valence-corrected chi connectivity index (χ1v) is 8.76. The molecule has 0 N–H and O–H groups in total. The number of ether oxygens (including phenoxy) is 8. The fraction of sp³-hybridized carbons (Fsp3) is 0.667. The van der Waals surface area contributed by atoms with Crippen LogP contribution in [0.5, 0.6) is 0 Å². The third kappa shape index (κ3) is 20.3. The summed E-state index contributed by atoms with van der Waals surface area (Å²) < 4.78 is 40.2. The van der Waals surface area contributed by atoms with Crippen molar-refractivity contribution in [2.75, 3.05) is 73.0 Å². The molecule has 0 radical (unpaired) electrons. The monoisotopic (exact) mass is 406 g/mol. The van der Waals surface area contributed by atoms with Gasteiger partial charge in [0.1, 0.15) is 20.0 Å². The molecule has 162 valence electrons. The summed E-state index contributed by atoms with van der Waals surface area (Å²) in [5.41, 5.74) is 0. The first kappa shape index (κ1) is 26.0. The van der Waals surface area contributed by atoms with Gasteiger partial charge in [-0.3, -0.25) is 4.79 Å². The minimum absolute atomic E-state index is 0.0424. The Kier molecular flexibility index (Phi) is 19.8. The summed E-state index contributed by atoms with van der Waals surface area (Å²) in [6.45, 7) is 9.31. The zero-order chi connectivity index (χ0) is 20.7. The summed E-state index contributed by atoms with van der Waals surface area (Å²) in [5, 5.41) is 0. The van der Waals surface area contributed by atoms with Crippen LogP contribution >= 0.6 is 0 Å². The molecule has 10 nitrogen and oxygen atoms in total. The van der Waals surface area contributed by atoms with Gasteiger partial charge < -0.3 is 37.9 Å². The lowest BCUT2D eigenvalue weighted by Gasteiger charge is -2.08. The summed E-state index contributed by atoms with van der Waals surface area (Å²) in [6.07, 6.45) is 2.50. The van der Waals surface area contributed by atoms with Crippen molar-refractivity contribution in [3.05, 3.63) is 25.5 Å². The summed E-state index contributed by atoms with van der Waals surface area (Å²) >= 11 is 0. The van der Waals surface area contributed by atoms with Gasteiger partial charge in [0, 0.05) is 6.08 Å². The van der Waals surface area contributed by atoms with Crippen LogP contribution < -0.4 is 0 Å². The Bertz CT molecular complexity index is 413. The number of hydrogen-bond acceptors (Lipinski definition) is 10. The summed E-state index contributed by atoms with van der Waals surface area (Å²) in [5.74, 6) is -0.865. The van der Waals surface area contributed by atoms with E-state index in [1.54, 1.807) is 0 Å². The van der Waals surface area contributed by atoms with Gasteiger partial charge in [-0.15, -0.1) is 0 Å². The molecule has 0 amide bonds. The molecule has 0 spiro atoms. The van der Waals surface area contributed by atoms with Crippen molar-refractivity contribution in [1.29, 1.82) is 0 Å². The van der Waals surface area contributed by atoms with Crippen LogP contribution in [0.4, 0.5) is 0 Å². The molecule has 0 aliphatic rings. The molecule has 0 unspecified atom stereocenters. The molecule has 0 heterocycles. The van der Waals surface area contributed by atoms with E-state index in [0.29, 0.717) is 26.4 Å². The molecule has 0 aliphatic heterocycles. The molecular formula is C18H30O10. The molecule has 28 heavy (non-hydrogen) atoms. The van der Waals surface area contributed by atoms with Crippen molar-refractivity contribution < 1.29 is 47.5 Å². The van der Waals surface area contributed by atoms with Crippen molar-refractivity contribution in [1.82, 2.24) is 0 Å². The summed E-state index contributed by atoms with van der Waals surface area (Å²) in [4.78, 5) is 22.2. The van der Waals surface area contributed by atoms with E-state index < -0.39 is 5.97 Å². The van der Waals surface area contributed by atoms with Crippen LogP contribution in [0.2, 0.25) is 0 Å². The maximum atomic E-state index is 11.4. The fourth-order valence-electron chi connectivity index (χ4n) is 1.47. The van der Waals surface area contributed by atoms with Crippen LogP contribution in [0.3, 0.4) is 0 Å². The van der Waals surface area contributed by atoms with Crippen LogP contribution in [-0.4, -0.2) is 85.0 Å². The zero-order valence-corrected chi connectivity index (χ0v) is 16.1. The van der Waals surface area contributed by atoms with E-state index in [1.807, 2.05) is 0 Å². The standard InChI is InChI=1S/C18H30O10/c1-3-17(19)27-13-11-22-8-10-26-16-24-6-5-18(20)28-14-12-23-7-9-25-15-21-4-2/h3-4H,1-2,5-16H2. The lowest BCUT2D eigenvalue weighted by molar-refractivity contribution is -0.148. The largest absolute Gasteiger partial charge is 0.476 e. The first-order chi connectivity index (χ1) is 13.7. The minimum Gasteiger partial charge on any atom is -0.476 e. The van der Waals surface area contributed by atoms with E-state index >= 15 is 0 Å². The molecule has 0 aromatic rings. The second-order valence-corrected chi connectivity index (χ2v) is 4.86. The van der Waals surface area contributed by atoms with Gasteiger partial charge in [-0.05, 0) is 0 Å². The van der Waals surface area contributed by atoms with Gasteiger partial charge in [0.25, 0.3) is 0 Å². The highest BCUT2D eigenvalue weighted by Gasteiger charge is 2.03. The topological polar surface area (TPSA) is 108 Å². The molecule has 10 heteroatoms. The predicted molar refractivity (Wildman–Crippen MR) is 97.2 cm³/mol. The first-order valence-electron chi connectivity index (χ1n) is 8.76. The Hall–Kier alpha value is -1.98. The quantitative estimate of drug-likeness (QED) is 0.0893. The van der Waals surface area contributed by atoms with E-state index in [1.165, 1.54) is 6.26 Å². The third-order valence-electron chi connectivity index (χ3n) is 2.76. The molecular weight excluding hydrogens is 376 g/mol. The normalized spacial score (nSPS) is 10.3. The van der Waals surface area contributed by atoms with E-state index in [-0.39, 0.29) is 59.0 Å². The average molecular weight is 406 g/mol. The SMILES string of the molecule is C=COCOCCOCCOC(=O)CCOCOCCOCCOC(=O)C=C. The Morgan fingerprint density at radius 2 is 1.18 bits per heavy atom. The maximum absolute atomic E-state index is 11.4. The number of carbonyl (C=O) groups excluding carboxylic acids is 2. The van der Waals surface area contributed by atoms with Crippen molar-refractivity contribution in [2.45, 2.75) is 6.42 Å². The highest BCUT2D eigenvalue weighted by atomic mass is 16.7. The molecule has 0 atom stereocenters. The van der Waals surface area contributed by atoms with Crippen LogP contribution in [0.1, 0.15) is 6.42 Å². The number of carbonyl (C=O) groups is 2. The van der Waals surface area contributed by atoms with Crippen LogP contribution in [0.15, 0.2) is 25.5 Å². The third-order valence-corrected chi connectivity index (χ3v) is 2.76. The van der Waals surface area contributed by atoms with E-state index in [0.717, 1.165) is 6.08 Å². The van der Waals surface area contributed by atoms with Gasteiger partial charge in [0.2, 0.25) is 0 Å². The Morgan fingerprint density at radius 3 is 1.82 bits per heavy atom. The molecule has 0 saturated carbocycles. The fourth-order valence-corrected chi connectivity index (χ4v) is 1.47. The molecule has 0 aromatic carbocycles. The molecule has 0 aromatic heterocycles. The van der Waals surface area contributed by atoms with Gasteiger partial charge in [-0.25, -0.2) is 4.79 Å². The number of esters is 2.